The summed E-state index contributed by atoms with van der Waals surface area (Å²) < 4.78 is 0. The minimum absolute atomic E-state index is 0. The smallest absolute Gasteiger partial charge is 0.129 e. The van der Waals surface area contributed by atoms with Crippen LogP contribution in [0.25, 0.3) is 0 Å². The summed E-state index contributed by atoms with van der Waals surface area (Å²) >= 11 is 0. The van der Waals surface area contributed by atoms with E-state index in [1.807, 2.05) is 5.32 Å². The molecule has 0 saturated carbocycles. The van der Waals surface area contributed by atoms with Gasteiger partial charge >= 0.3 is 0 Å². The molecule has 5 heteroatoms. The van der Waals surface area contributed by atoms with Gasteiger partial charge in [-0.3, -0.25) is 0 Å². The molecule has 12 heavy (non-hydrogen) atoms. The average Bonchev–Trinajstić information content (AvgIpc) is 1.99. The number of rotatable bonds is 2. The molecule has 0 bridgehead atoms. The van der Waals surface area contributed by atoms with Crippen LogP contribution in [0.2, 0.25) is 0 Å². The average molecular weight is 198 g/mol. The molecular weight excluding hydrogens is 182 g/mol. The van der Waals surface area contributed by atoms with Gasteiger partial charge in [0.25, 0.3) is 0 Å². The summed E-state index contributed by atoms with van der Waals surface area (Å²) in [6.45, 7) is 1.46. The van der Waals surface area contributed by atoms with Crippen LogP contribution in [0.1, 0.15) is 6.42 Å². The third-order valence-electron chi connectivity index (χ3n) is 2.25. The molecule has 1 rings (SSSR count). The molecule has 0 amide bonds. The van der Waals surface area contributed by atoms with Crippen LogP contribution in [0.4, 0.5) is 0 Å². The molecular formula is C7H16ClNO3. The van der Waals surface area contributed by atoms with Crippen molar-refractivity contribution in [2.45, 2.75) is 18.6 Å². The molecule has 0 aromatic heterocycles. The van der Waals surface area contributed by atoms with Crippen molar-refractivity contribution in [1.82, 2.24) is 0 Å². The Balaban J connectivity index is 0.00000121. The van der Waals surface area contributed by atoms with Crippen molar-refractivity contribution in [3.8, 4) is 0 Å². The van der Waals surface area contributed by atoms with Crippen LogP contribution in [0.3, 0.4) is 0 Å². The summed E-state index contributed by atoms with van der Waals surface area (Å²) in [4.78, 5) is 0. The standard InChI is InChI=1S/C7H15NO3.ClH/c9-2-1-5-3-8-4-6(10)7(5)11;/h5-11H,1-4H2;1H/t5-,6-,7+;/m1./s1. The van der Waals surface area contributed by atoms with Crippen LogP contribution in [0.5, 0.6) is 0 Å². The van der Waals surface area contributed by atoms with Crippen molar-refractivity contribution in [2.75, 3.05) is 19.7 Å². The van der Waals surface area contributed by atoms with Crippen LogP contribution in [0, 0.1) is 5.92 Å². The van der Waals surface area contributed by atoms with Gasteiger partial charge < -0.3 is 33.0 Å². The monoisotopic (exact) mass is 197 g/mol. The number of aliphatic hydroxyl groups excluding tert-OH is 3. The van der Waals surface area contributed by atoms with Gasteiger partial charge in [0.2, 0.25) is 0 Å². The molecule has 1 saturated heterocycles. The van der Waals surface area contributed by atoms with Gasteiger partial charge in [-0.15, -0.1) is 0 Å². The second-order valence-electron chi connectivity index (χ2n) is 3.09. The SMILES string of the molecule is OCC[C@@H]1C[NH2+]C[C@@H](O)[C@H]1O.[Cl-]. The Morgan fingerprint density at radius 3 is 2.50 bits per heavy atom. The summed E-state index contributed by atoms with van der Waals surface area (Å²) in [5.41, 5.74) is 0. The largest absolute Gasteiger partial charge is 1.00 e. The number of piperidine rings is 1. The third kappa shape index (κ3) is 2.88. The van der Waals surface area contributed by atoms with E-state index < -0.39 is 12.2 Å². The van der Waals surface area contributed by atoms with E-state index in [4.69, 9.17) is 5.11 Å². The summed E-state index contributed by atoms with van der Waals surface area (Å²) in [7, 11) is 0. The summed E-state index contributed by atoms with van der Waals surface area (Å²) in [5.74, 6) is 0.0451. The lowest BCUT2D eigenvalue weighted by atomic mass is 9.91. The number of hydrogen-bond acceptors (Lipinski definition) is 3. The Labute approximate surface area is 78.0 Å². The second-order valence-corrected chi connectivity index (χ2v) is 3.09. The minimum atomic E-state index is -0.646. The zero-order chi connectivity index (χ0) is 8.27. The molecule has 0 aromatic rings. The van der Waals surface area contributed by atoms with E-state index in [0.717, 1.165) is 6.54 Å². The Bertz CT molecular complexity index is 123. The topological polar surface area (TPSA) is 77.3 Å². The zero-order valence-corrected chi connectivity index (χ0v) is 7.61. The van der Waals surface area contributed by atoms with Crippen molar-refractivity contribution in [1.29, 1.82) is 0 Å². The van der Waals surface area contributed by atoms with Crippen LogP contribution >= 0.6 is 0 Å². The third-order valence-corrected chi connectivity index (χ3v) is 2.25. The van der Waals surface area contributed by atoms with E-state index in [-0.39, 0.29) is 24.9 Å². The van der Waals surface area contributed by atoms with E-state index in [2.05, 4.69) is 0 Å². The van der Waals surface area contributed by atoms with Gasteiger partial charge in [0.05, 0.1) is 12.6 Å². The Hall–Kier alpha value is 0.130. The van der Waals surface area contributed by atoms with E-state index in [9.17, 15) is 10.2 Å². The first-order valence-corrected chi connectivity index (χ1v) is 4.04. The van der Waals surface area contributed by atoms with Gasteiger partial charge in [0, 0.05) is 12.5 Å². The first-order valence-electron chi connectivity index (χ1n) is 4.04. The Morgan fingerprint density at radius 2 is 1.92 bits per heavy atom. The van der Waals surface area contributed by atoms with Gasteiger partial charge in [0.1, 0.15) is 12.6 Å². The van der Waals surface area contributed by atoms with Crippen LogP contribution in [-0.4, -0.2) is 47.2 Å². The molecule has 5 N–H and O–H groups in total. The van der Waals surface area contributed by atoms with Crippen molar-refractivity contribution in [3.63, 3.8) is 0 Å². The molecule has 4 nitrogen and oxygen atoms in total. The van der Waals surface area contributed by atoms with E-state index >= 15 is 0 Å². The van der Waals surface area contributed by atoms with Gasteiger partial charge in [-0.05, 0) is 6.42 Å². The molecule has 74 valence electrons. The van der Waals surface area contributed by atoms with Crippen LogP contribution in [0.15, 0.2) is 0 Å². The quantitative estimate of drug-likeness (QED) is 0.357. The fourth-order valence-electron chi connectivity index (χ4n) is 1.53. The molecule has 0 unspecified atom stereocenters. The highest BCUT2D eigenvalue weighted by atomic mass is 35.5. The zero-order valence-electron chi connectivity index (χ0n) is 6.86. The first kappa shape index (κ1) is 12.1. The Kier molecular flexibility index (Phi) is 5.78. The second kappa shape index (κ2) is 5.72. The number of halogens is 1. The summed E-state index contributed by atoms with van der Waals surface area (Å²) in [6.07, 6.45) is -0.693. The predicted octanol–water partition coefficient (Wildman–Crippen LogP) is -5.71. The van der Waals surface area contributed by atoms with Crippen LogP contribution in [-0.2, 0) is 0 Å². The first-order chi connectivity index (χ1) is 5.25. The highest BCUT2D eigenvalue weighted by Gasteiger charge is 2.32. The summed E-state index contributed by atoms with van der Waals surface area (Å²) in [5, 5.41) is 29.2. The molecule has 3 atom stereocenters. The number of nitrogens with two attached hydrogens (primary N) is 1. The van der Waals surface area contributed by atoms with Gasteiger partial charge in [-0.1, -0.05) is 0 Å². The maximum atomic E-state index is 9.39. The maximum absolute atomic E-state index is 9.39. The van der Waals surface area contributed by atoms with E-state index in [0.29, 0.717) is 13.0 Å². The lowest BCUT2D eigenvalue weighted by molar-refractivity contribution is -0.680. The number of quaternary nitrogens is 1. The van der Waals surface area contributed by atoms with Crippen molar-refractivity contribution >= 4 is 0 Å². The summed E-state index contributed by atoms with van der Waals surface area (Å²) in [6, 6.07) is 0. The van der Waals surface area contributed by atoms with E-state index in [1.54, 1.807) is 0 Å². The highest BCUT2D eigenvalue weighted by molar-refractivity contribution is 4.77. The molecule has 1 aliphatic heterocycles. The fraction of sp³-hybridized carbons (Fsp3) is 1.00. The molecule has 0 radical (unpaired) electrons. The fourth-order valence-corrected chi connectivity index (χ4v) is 1.53. The van der Waals surface area contributed by atoms with Crippen molar-refractivity contribution in [3.05, 3.63) is 0 Å². The molecule has 0 spiro atoms. The van der Waals surface area contributed by atoms with Gasteiger partial charge in [0.15, 0.2) is 0 Å². The molecule has 1 fully saturated rings. The van der Waals surface area contributed by atoms with Crippen LogP contribution < -0.4 is 17.7 Å². The lowest BCUT2D eigenvalue weighted by Gasteiger charge is -2.29. The molecule has 1 aliphatic rings. The van der Waals surface area contributed by atoms with E-state index in [1.165, 1.54) is 0 Å². The minimum Gasteiger partial charge on any atom is -1.00 e. The predicted molar refractivity (Wildman–Crippen MR) is 38.9 cm³/mol. The normalized spacial score (nSPS) is 35.8. The Morgan fingerprint density at radius 1 is 1.25 bits per heavy atom. The highest BCUT2D eigenvalue weighted by Crippen LogP contribution is 2.11. The number of aliphatic hydroxyl groups is 3. The van der Waals surface area contributed by atoms with Crippen molar-refractivity contribution in [2.24, 2.45) is 5.92 Å². The number of hydrogen-bond donors (Lipinski definition) is 4. The maximum Gasteiger partial charge on any atom is 0.129 e. The molecule has 0 aromatic carbocycles. The van der Waals surface area contributed by atoms with Gasteiger partial charge in [-0.2, -0.15) is 0 Å². The van der Waals surface area contributed by atoms with Crippen molar-refractivity contribution < 1.29 is 33.0 Å². The van der Waals surface area contributed by atoms with Gasteiger partial charge in [-0.25, -0.2) is 0 Å². The molecule has 0 aliphatic carbocycles. The molecule has 1 heterocycles. The lowest BCUT2D eigenvalue weighted by Crippen LogP contribution is -3.00.